The monoisotopic (exact) mass is 538 g/mol. The number of carbonyl (C=O) groups is 1. The van der Waals surface area contributed by atoms with Gasteiger partial charge in [-0.1, -0.05) is 12.8 Å². The van der Waals surface area contributed by atoms with Gasteiger partial charge in [-0.15, -0.1) is 0 Å². The standard InChI is InChI=1S/C27H30F4N2O3S/c1-17(24(34)35)13-36-22-12-23-21(11-20(22)27(29,30)31)33(19-7-5-18(28)6-8-19)16-26(32(2)37-23)14-25(15-26)9-3-4-10-25/h5-8,11-12,17H,3-4,9-10,13-16H2,1-2H3,(H,34,35). The van der Waals surface area contributed by atoms with Gasteiger partial charge in [-0.2, -0.15) is 13.2 Å². The zero-order valence-electron chi connectivity index (χ0n) is 20.8. The first-order valence-corrected chi connectivity index (χ1v) is 13.2. The van der Waals surface area contributed by atoms with Crippen LogP contribution in [0, 0.1) is 17.2 Å². The normalized spacial score (nSPS) is 21.4. The summed E-state index contributed by atoms with van der Waals surface area (Å²) in [6.07, 6.45) is 1.97. The van der Waals surface area contributed by atoms with Crippen LogP contribution < -0.4 is 9.64 Å². The number of benzene rings is 2. The summed E-state index contributed by atoms with van der Waals surface area (Å²) in [5.41, 5.74) is 0.0685. The summed E-state index contributed by atoms with van der Waals surface area (Å²) >= 11 is 1.39. The van der Waals surface area contributed by atoms with Crippen molar-refractivity contribution in [2.24, 2.45) is 11.3 Å². The minimum Gasteiger partial charge on any atom is -0.492 e. The highest BCUT2D eigenvalue weighted by molar-refractivity contribution is 7.97. The fourth-order valence-corrected chi connectivity index (χ4v) is 7.29. The van der Waals surface area contributed by atoms with E-state index >= 15 is 0 Å². The minimum absolute atomic E-state index is 0.250. The number of ether oxygens (including phenoxy) is 1. The average molecular weight is 539 g/mol. The van der Waals surface area contributed by atoms with Gasteiger partial charge in [0.05, 0.1) is 27.6 Å². The Balaban J connectivity index is 1.58. The third-order valence-corrected chi connectivity index (χ3v) is 9.32. The lowest BCUT2D eigenvalue weighted by atomic mass is 9.56. The molecule has 2 aromatic carbocycles. The molecule has 2 saturated carbocycles. The molecule has 1 atom stereocenters. The summed E-state index contributed by atoms with van der Waals surface area (Å²) in [5, 5.41) is 9.17. The van der Waals surface area contributed by atoms with Crippen LogP contribution in [0.15, 0.2) is 41.3 Å². The van der Waals surface area contributed by atoms with Crippen LogP contribution in [-0.4, -0.2) is 41.1 Å². The number of aliphatic carboxylic acids is 1. The van der Waals surface area contributed by atoms with Gasteiger partial charge in [-0.05, 0) is 93.4 Å². The average Bonchev–Trinajstić information content (AvgIpc) is 3.25. The Morgan fingerprint density at radius 1 is 1.16 bits per heavy atom. The number of alkyl halides is 3. The van der Waals surface area contributed by atoms with Crippen LogP contribution in [0.3, 0.4) is 0 Å². The van der Waals surface area contributed by atoms with Crippen molar-refractivity contribution in [2.75, 3.05) is 25.1 Å². The topological polar surface area (TPSA) is 53.0 Å². The maximum Gasteiger partial charge on any atom is 0.420 e. The van der Waals surface area contributed by atoms with Crippen LogP contribution >= 0.6 is 11.9 Å². The fourth-order valence-electron chi connectivity index (χ4n) is 6.19. The fraction of sp³-hybridized carbons (Fsp3) is 0.519. The van der Waals surface area contributed by atoms with Gasteiger partial charge in [0.1, 0.15) is 18.2 Å². The Bertz CT molecular complexity index is 1170. The third kappa shape index (κ3) is 4.90. The summed E-state index contributed by atoms with van der Waals surface area (Å²) in [7, 11) is 1.98. The second kappa shape index (κ2) is 9.38. The van der Waals surface area contributed by atoms with E-state index in [1.54, 1.807) is 12.1 Å². The molecule has 2 aliphatic carbocycles. The highest BCUT2D eigenvalue weighted by Crippen LogP contribution is 2.63. The van der Waals surface area contributed by atoms with Gasteiger partial charge in [-0.25, -0.2) is 8.70 Å². The maximum absolute atomic E-state index is 14.2. The van der Waals surface area contributed by atoms with E-state index in [0.717, 1.165) is 18.9 Å². The zero-order valence-corrected chi connectivity index (χ0v) is 21.6. The van der Waals surface area contributed by atoms with Crippen LogP contribution in [0.2, 0.25) is 0 Å². The molecule has 5 nitrogen and oxygen atoms in total. The second-order valence-corrected chi connectivity index (χ2v) is 12.0. The van der Waals surface area contributed by atoms with Crippen LogP contribution in [-0.2, 0) is 11.0 Å². The molecule has 5 rings (SSSR count). The number of carboxylic acids is 1. The molecule has 0 aromatic heterocycles. The van der Waals surface area contributed by atoms with Crippen molar-refractivity contribution in [1.29, 1.82) is 0 Å². The van der Waals surface area contributed by atoms with E-state index in [4.69, 9.17) is 9.84 Å². The summed E-state index contributed by atoms with van der Waals surface area (Å²) in [6.45, 7) is 1.48. The predicted molar refractivity (Wildman–Crippen MR) is 134 cm³/mol. The van der Waals surface area contributed by atoms with Gasteiger partial charge in [0.15, 0.2) is 0 Å². The number of hydrogen-bond donors (Lipinski definition) is 1. The summed E-state index contributed by atoms with van der Waals surface area (Å²) in [5.74, 6) is -2.92. The molecule has 2 aromatic rings. The van der Waals surface area contributed by atoms with Gasteiger partial charge in [0.2, 0.25) is 0 Å². The number of carboxylic acid groups (broad SMARTS) is 1. The van der Waals surface area contributed by atoms with Gasteiger partial charge in [0.25, 0.3) is 0 Å². The van der Waals surface area contributed by atoms with Crippen molar-refractivity contribution >= 4 is 29.3 Å². The van der Waals surface area contributed by atoms with Crippen molar-refractivity contribution in [3.05, 3.63) is 47.8 Å². The summed E-state index contributed by atoms with van der Waals surface area (Å²) in [4.78, 5) is 13.7. The SMILES string of the molecule is CC(COc1cc2c(cc1C(F)(F)F)N(c1ccc(F)cc1)CC1(CC3(CCCC3)C1)N(C)S2)C(=O)O. The van der Waals surface area contributed by atoms with Crippen molar-refractivity contribution < 1.29 is 32.2 Å². The molecule has 1 aliphatic heterocycles. The van der Waals surface area contributed by atoms with E-state index in [0.29, 0.717) is 22.8 Å². The molecule has 0 radical (unpaired) electrons. The quantitative estimate of drug-likeness (QED) is 0.323. The predicted octanol–water partition coefficient (Wildman–Crippen LogP) is 7.13. The highest BCUT2D eigenvalue weighted by atomic mass is 32.2. The summed E-state index contributed by atoms with van der Waals surface area (Å²) < 4.78 is 64.0. The molecule has 3 aliphatic rings. The number of halogens is 4. The van der Waals surface area contributed by atoms with Crippen molar-refractivity contribution in [3.8, 4) is 5.75 Å². The van der Waals surface area contributed by atoms with E-state index in [2.05, 4.69) is 4.31 Å². The number of anilines is 2. The third-order valence-electron chi connectivity index (χ3n) is 8.13. The number of nitrogens with zero attached hydrogens (tertiary/aromatic N) is 2. The van der Waals surface area contributed by atoms with E-state index in [1.807, 2.05) is 11.9 Å². The number of rotatable bonds is 5. The van der Waals surface area contributed by atoms with Crippen molar-refractivity contribution in [2.45, 2.75) is 62.1 Å². The van der Waals surface area contributed by atoms with Gasteiger partial charge >= 0.3 is 12.1 Å². The molecular formula is C27H30F4N2O3S. The molecule has 2 fully saturated rings. The van der Waals surface area contributed by atoms with Crippen molar-refractivity contribution in [3.63, 3.8) is 0 Å². The second-order valence-electron chi connectivity index (χ2n) is 10.8. The lowest BCUT2D eigenvalue weighted by Crippen LogP contribution is -2.62. The van der Waals surface area contributed by atoms with Crippen LogP contribution in [0.25, 0.3) is 0 Å². The van der Waals surface area contributed by atoms with E-state index < -0.39 is 35.2 Å². The first-order valence-electron chi connectivity index (χ1n) is 12.5. The number of hydrogen-bond acceptors (Lipinski definition) is 5. The molecule has 2 spiro atoms. The molecule has 0 bridgehead atoms. The Hall–Kier alpha value is -2.46. The minimum atomic E-state index is -4.71. The van der Waals surface area contributed by atoms with Gasteiger partial charge < -0.3 is 14.7 Å². The summed E-state index contributed by atoms with van der Waals surface area (Å²) in [6, 6.07) is 8.28. The van der Waals surface area contributed by atoms with E-state index in [1.165, 1.54) is 62.8 Å². The van der Waals surface area contributed by atoms with E-state index in [-0.39, 0.29) is 17.6 Å². The molecular weight excluding hydrogens is 508 g/mol. The first-order chi connectivity index (χ1) is 17.4. The van der Waals surface area contributed by atoms with Crippen LogP contribution in [0.4, 0.5) is 28.9 Å². The highest BCUT2D eigenvalue weighted by Gasteiger charge is 2.59. The molecule has 10 heteroatoms. The molecule has 1 heterocycles. The maximum atomic E-state index is 14.2. The molecule has 1 N–H and O–H groups in total. The molecule has 1 unspecified atom stereocenters. The number of likely N-dealkylation sites (N-methyl/N-ethyl adjacent to an activating group) is 1. The lowest BCUT2D eigenvalue weighted by Gasteiger charge is -2.59. The molecule has 0 saturated heterocycles. The first kappa shape index (κ1) is 26.2. The molecule has 0 amide bonds. The Labute approximate surface area is 217 Å². The molecule has 37 heavy (non-hydrogen) atoms. The lowest BCUT2D eigenvalue weighted by molar-refractivity contribution is -0.142. The number of fused-ring (bicyclic) bond motifs is 1. The zero-order chi connectivity index (χ0) is 26.6. The van der Waals surface area contributed by atoms with Crippen LogP contribution in [0.5, 0.6) is 5.75 Å². The Kier molecular flexibility index (Phi) is 6.63. The van der Waals surface area contributed by atoms with E-state index in [9.17, 15) is 22.4 Å². The largest absolute Gasteiger partial charge is 0.492 e. The Morgan fingerprint density at radius 3 is 2.41 bits per heavy atom. The van der Waals surface area contributed by atoms with Gasteiger partial charge in [-0.3, -0.25) is 4.79 Å². The molecule has 200 valence electrons. The smallest absolute Gasteiger partial charge is 0.420 e. The van der Waals surface area contributed by atoms with Crippen molar-refractivity contribution in [1.82, 2.24) is 4.31 Å². The van der Waals surface area contributed by atoms with Gasteiger partial charge in [0, 0.05) is 12.2 Å². The Morgan fingerprint density at radius 2 is 1.81 bits per heavy atom. The van der Waals surface area contributed by atoms with Crippen LogP contribution in [0.1, 0.15) is 51.0 Å².